The van der Waals surface area contributed by atoms with Crippen molar-refractivity contribution in [2.45, 2.75) is 36.7 Å². The second-order valence-corrected chi connectivity index (χ2v) is 5.77. The van der Waals surface area contributed by atoms with E-state index in [1.54, 1.807) is 0 Å². The van der Waals surface area contributed by atoms with Crippen LogP contribution in [0.15, 0.2) is 18.2 Å². The first-order chi connectivity index (χ1) is 9.43. The zero-order chi connectivity index (χ0) is 14.5. The second-order valence-electron chi connectivity index (χ2n) is 5.77. The first-order valence-electron chi connectivity index (χ1n) is 6.68. The van der Waals surface area contributed by atoms with E-state index >= 15 is 0 Å². The monoisotopic (exact) mass is 285 g/mol. The van der Waals surface area contributed by atoms with E-state index in [1.165, 1.54) is 0 Å². The molecule has 4 unspecified atom stereocenters. The molecule has 0 bridgehead atoms. The fourth-order valence-corrected chi connectivity index (χ4v) is 3.20. The van der Waals surface area contributed by atoms with Crippen molar-refractivity contribution in [1.29, 1.82) is 0 Å². The summed E-state index contributed by atoms with van der Waals surface area (Å²) in [5.41, 5.74) is -0.366. The van der Waals surface area contributed by atoms with Gasteiger partial charge in [0.15, 0.2) is 0 Å². The van der Waals surface area contributed by atoms with Crippen LogP contribution in [-0.2, 0) is 0 Å². The Bertz CT molecular complexity index is 501. The van der Waals surface area contributed by atoms with Crippen molar-refractivity contribution >= 4 is 0 Å². The number of halogens is 2. The molecule has 1 heterocycles. The Morgan fingerprint density at radius 2 is 1.75 bits per heavy atom. The third-order valence-electron chi connectivity index (χ3n) is 4.42. The van der Waals surface area contributed by atoms with E-state index in [1.807, 2.05) is 0 Å². The fourth-order valence-electron chi connectivity index (χ4n) is 3.20. The summed E-state index contributed by atoms with van der Waals surface area (Å²) in [4.78, 5) is 0. The molecule has 1 aliphatic heterocycles. The van der Waals surface area contributed by atoms with Gasteiger partial charge in [-0.05, 0) is 30.5 Å². The summed E-state index contributed by atoms with van der Waals surface area (Å²) in [7, 11) is 0. The topological polar surface area (TPSA) is 72.7 Å². The van der Waals surface area contributed by atoms with Crippen LogP contribution in [0.4, 0.5) is 8.78 Å². The maximum atomic E-state index is 13.3. The molecule has 2 fully saturated rings. The molecule has 0 aromatic heterocycles. The van der Waals surface area contributed by atoms with Crippen molar-refractivity contribution in [2.75, 3.05) is 6.54 Å². The van der Waals surface area contributed by atoms with Gasteiger partial charge in [-0.25, -0.2) is 8.78 Å². The van der Waals surface area contributed by atoms with Crippen molar-refractivity contribution in [3.05, 3.63) is 35.4 Å². The highest BCUT2D eigenvalue weighted by atomic mass is 19.1. The lowest BCUT2D eigenvalue weighted by Gasteiger charge is -2.42. The Kier molecular flexibility index (Phi) is 3.29. The first kappa shape index (κ1) is 13.9. The van der Waals surface area contributed by atoms with Crippen LogP contribution < -0.4 is 5.32 Å². The lowest BCUT2D eigenvalue weighted by molar-refractivity contribution is -0.0990. The van der Waals surface area contributed by atoms with Crippen LogP contribution in [0.3, 0.4) is 0 Å². The number of benzene rings is 1. The molecule has 0 radical (unpaired) electrons. The van der Waals surface area contributed by atoms with Crippen molar-refractivity contribution in [3.63, 3.8) is 0 Å². The maximum absolute atomic E-state index is 13.3. The minimum absolute atomic E-state index is 0.0775. The van der Waals surface area contributed by atoms with Crippen molar-refractivity contribution in [1.82, 2.24) is 5.32 Å². The highest BCUT2D eigenvalue weighted by Crippen LogP contribution is 2.51. The van der Waals surface area contributed by atoms with Crippen molar-refractivity contribution in [2.24, 2.45) is 5.92 Å². The predicted molar refractivity (Wildman–Crippen MR) is 66.8 cm³/mol. The highest BCUT2D eigenvalue weighted by molar-refractivity contribution is 5.25. The van der Waals surface area contributed by atoms with Crippen LogP contribution in [0, 0.1) is 17.6 Å². The lowest BCUT2D eigenvalue weighted by Crippen LogP contribution is -2.59. The summed E-state index contributed by atoms with van der Waals surface area (Å²) >= 11 is 0. The van der Waals surface area contributed by atoms with E-state index in [0.29, 0.717) is 0 Å². The Hall–Kier alpha value is -1.08. The third-order valence-corrected chi connectivity index (χ3v) is 4.42. The van der Waals surface area contributed by atoms with Gasteiger partial charge in [-0.2, -0.15) is 0 Å². The third kappa shape index (κ3) is 2.22. The molecular weight excluding hydrogens is 268 g/mol. The van der Waals surface area contributed by atoms with E-state index in [-0.39, 0.29) is 12.1 Å². The Labute approximate surface area is 115 Å². The number of aliphatic hydroxyl groups is 3. The summed E-state index contributed by atoms with van der Waals surface area (Å²) in [6, 6.07) is 2.84. The van der Waals surface area contributed by atoms with Crippen LogP contribution in [0.2, 0.25) is 0 Å². The van der Waals surface area contributed by atoms with E-state index in [4.69, 9.17) is 0 Å². The van der Waals surface area contributed by atoms with Crippen molar-refractivity contribution < 1.29 is 24.1 Å². The smallest absolute Gasteiger partial charge is 0.126 e. The summed E-state index contributed by atoms with van der Waals surface area (Å²) < 4.78 is 26.5. The molecule has 4 N–H and O–H groups in total. The first-order valence-corrected chi connectivity index (χ1v) is 6.68. The van der Waals surface area contributed by atoms with Gasteiger partial charge in [0.1, 0.15) is 11.6 Å². The van der Waals surface area contributed by atoms with E-state index in [2.05, 4.69) is 5.32 Å². The lowest BCUT2D eigenvalue weighted by atomic mass is 9.78. The zero-order valence-electron chi connectivity index (χ0n) is 10.8. The van der Waals surface area contributed by atoms with Crippen LogP contribution in [0.5, 0.6) is 0 Å². The minimum atomic E-state index is -1.24. The van der Waals surface area contributed by atoms with Gasteiger partial charge in [0.25, 0.3) is 0 Å². The van der Waals surface area contributed by atoms with Gasteiger partial charge in [0, 0.05) is 24.1 Å². The molecule has 1 saturated heterocycles. The molecule has 1 aliphatic carbocycles. The molecule has 2 aliphatic rings. The number of rotatable bonds is 2. The normalized spacial score (nSPS) is 33.1. The average Bonchev–Trinajstić information content (AvgIpc) is 3.14. The van der Waals surface area contributed by atoms with Gasteiger partial charge < -0.3 is 20.6 Å². The number of hydrogen-bond acceptors (Lipinski definition) is 4. The number of piperidine rings is 1. The Balaban J connectivity index is 1.93. The van der Waals surface area contributed by atoms with Gasteiger partial charge in [-0.3, -0.25) is 0 Å². The number of hydrogen-bond donors (Lipinski definition) is 4. The summed E-state index contributed by atoms with van der Waals surface area (Å²) in [6.45, 7) is 0.252. The van der Waals surface area contributed by atoms with E-state index in [9.17, 15) is 24.1 Å². The molecule has 4 nitrogen and oxygen atoms in total. The van der Waals surface area contributed by atoms with Gasteiger partial charge in [0.05, 0.1) is 18.3 Å². The molecule has 4 atom stereocenters. The van der Waals surface area contributed by atoms with E-state index in [0.717, 1.165) is 31.0 Å². The quantitative estimate of drug-likeness (QED) is 0.637. The van der Waals surface area contributed by atoms with Crippen LogP contribution in [0.1, 0.15) is 24.5 Å². The van der Waals surface area contributed by atoms with E-state index < -0.39 is 41.4 Å². The molecule has 6 heteroatoms. The van der Waals surface area contributed by atoms with Gasteiger partial charge in [0.2, 0.25) is 0 Å². The molecular formula is C14H17F2NO3. The van der Waals surface area contributed by atoms with Crippen LogP contribution in [0.25, 0.3) is 0 Å². The zero-order valence-corrected chi connectivity index (χ0v) is 10.8. The largest absolute Gasteiger partial charge is 0.390 e. The minimum Gasteiger partial charge on any atom is -0.390 e. The number of β-amino-alcohol motifs (C(OH)–C–C–N with tert-alkyl or cyclic N) is 1. The molecule has 1 spiro atoms. The number of aliphatic hydroxyl groups excluding tert-OH is 3. The maximum Gasteiger partial charge on any atom is 0.126 e. The van der Waals surface area contributed by atoms with Crippen LogP contribution >= 0.6 is 0 Å². The molecule has 110 valence electrons. The van der Waals surface area contributed by atoms with Gasteiger partial charge in [-0.1, -0.05) is 0 Å². The Morgan fingerprint density at radius 1 is 1.15 bits per heavy atom. The average molecular weight is 285 g/mol. The highest BCUT2D eigenvalue weighted by Gasteiger charge is 2.58. The molecule has 20 heavy (non-hydrogen) atoms. The van der Waals surface area contributed by atoms with Gasteiger partial charge in [-0.15, -0.1) is 0 Å². The molecule has 0 amide bonds. The standard InChI is InChI=1S/C14H17F2NO3/c15-8-3-7(4-9(16)5-8)12(19)11-13(20)10(18)6-17-14(11)1-2-14/h3-5,10-13,17-20H,1-2,6H2. The van der Waals surface area contributed by atoms with Crippen molar-refractivity contribution in [3.8, 4) is 0 Å². The predicted octanol–water partition coefficient (Wildman–Crippen LogP) is 0.472. The molecule has 3 rings (SSSR count). The molecule has 1 saturated carbocycles. The fraction of sp³-hybridized carbons (Fsp3) is 0.571. The second kappa shape index (κ2) is 4.73. The molecule has 1 aromatic carbocycles. The Morgan fingerprint density at radius 3 is 2.30 bits per heavy atom. The summed E-state index contributed by atoms with van der Waals surface area (Å²) in [5, 5.41) is 33.4. The number of nitrogens with one attached hydrogen (secondary N) is 1. The van der Waals surface area contributed by atoms with Crippen LogP contribution in [-0.4, -0.2) is 39.6 Å². The summed E-state index contributed by atoms with van der Waals surface area (Å²) in [6.07, 6.45) is -1.84. The SMILES string of the molecule is OC1CNC2(CC2)C(C(O)c2cc(F)cc(F)c2)C1O. The van der Waals surface area contributed by atoms with Gasteiger partial charge >= 0.3 is 0 Å². The summed E-state index contributed by atoms with van der Waals surface area (Å²) in [5.74, 6) is -2.24. The molecule has 1 aromatic rings.